The van der Waals surface area contributed by atoms with Crippen LogP contribution in [0.25, 0.3) is 11.0 Å². The first-order chi connectivity index (χ1) is 9.65. The van der Waals surface area contributed by atoms with Gasteiger partial charge in [-0.05, 0) is 25.5 Å². The number of rotatable bonds is 4. The molecule has 0 saturated carbocycles. The molecule has 0 aliphatic heterocycles. The lowest BCUT2D eigenvalue weighted by Gasteiger charge is -2.06. The number of aromatic nitrogens is 2. The van der Waals surface area contributed by atoms with Crippen LogP contribution in [-0.2, 0) is 4.79 Å². The summed E-state index contributed by atoms with van der Waals surface area (Å²) in [7, 11) is 0. The van der Waals surface area contributed by atoms with Gasteiger partial charge in [0, 0.05) is 6.54 Å². The molecule has 0 spiro atoms. The summed E-state index contributed by atoms with van der Waals surface area (Å²) >= 11 is 0. The largest absolute Gasteiger partial charge is 0.355 e. The van der Waals surface area contributed by atoms with Gasteiger partial charge in [0.1, 0.15) is 6.29 Å². The molecule has 1 heterocycles. The van der Waals surface area contributed by atoms with Crippen LogP contribution in [0.4, 0.5) is 10.7 Å². The van der Waals surface area contributed by atoms with E-state index in [-0.39, 0.29) is 0 Å². The Balaban J connectivity index is 0.000000612. The van der Waals surface area contributed by atoms with E-state index in [0.29, 0.717) is 5.95 Å². The fourth-order valence-electron chi connectivity index (χ4n) is 1.74. The highest BCUT2D eigenvalue weighted by Crippen LogP contribution is 2.18. The second-order valence-electron chi connectivity index (χ2n) is 4.11. The highest BCUT2D eigenvalue weighted by Gasteiger charge is 2.13. The second-order valence-corrected chi connectivity index (χ2v) is 4.11. The van der Waals surface area contributed by atoms with E-state index in [9.17, 15) is 4.79 Å². The van der Waals surface area contributed by atoms with Crippen molar-refractivity contribution in [2.24, 2.45) is 5.73 Å². The van der Waals surface area contributed by atoms with Crippen molar-refractivity contribution in [2.45, 2.75) is 26.7 Å². The molecule has 0 fully saturated rings. The third-order valence-electron chi connectivity index (χ3n) is 2.59. The average molecular weight is 276 g/mol. The number of hydrogen-bond acceptors (Lipinski definition) is 4. The zero-order valence-electron chi connectivity index (χ0n) is 11.8. The Labute approximate surface area is 118 Å². The number of imidazole rings is 1. The van der Waals surface area contributed by atoms with Crippen molar-refractivity contribution < 1.29 is 9.59 Å². The van der Waals surface area contributed by atoms with Gasteiger partial charge in [0.2, 0.25) is 5.95 Å². The molecule has 3 N–H and O–H groups in total. The molecule has 0 bridgehead atoms. The van der Waals surface area contributed by atoms with Crippen LogP contribution in [0.2, 0.25) is 0 Å². The number of unbranched alkanes of at least 4 members (excludes halogenated alkanes) is 1. The minimum Gasteiger partial charge on any atom is -0.355 e. The van der Waals surface area contributed by atoms with Crippen LogP contribution in [0.15, 0.2) is 24.3 Å². The van der Waals surface area contributed by atoms with Crippen LogP contribution in [0.1, 0.15) is 26.7 Å². The quantitative estimate of drug-likeness (QED) is 0.662. The van der Waals surface area contributed by atoms with Gasteiger partial charge in [-0.15, -0.1) is 0 Å². The monoisotopic (exact) mass is 276 g/mol. The SMILES string of the molecule is CC=O.CCCCNc1nc2ccccc2n1C(N)=O. The normalized spacial score (nSPS) is 9.70. The van der Waals surface area contributed by atoms with Crippen LogP contribution in [0.5, 0.6) is 0 Å². The summed E-state index contributed by atoms with van der Waals surface area (Å²) in [5, 5.41) is 3.14. The van der Waals surface area contributed by atoms with Crippen LogP contribution >= 0.6 is 0 Å². The van der Waals surface area contributed by atoms with Gasteiger partial charge in [0.25, 0.3) is 0 Å². The summed E-state index contributed by atoms with van der Waals surface area (Å²) in [4.78, 5) is 24.6. The molecule has 2 rings (SSSR count). The Hall–Kier alpha value is -2.37. The first-order valence-electron chi connectivity index (χ1n) is 6.56. The van der Waals surface area contributed by atoms with Gasteiger partial charge in [0.15, 0.2) is 0 Å². The number of primary amides is 1. The minimum atomic E-state index is -0.516. The lowest BCUT2D eigenvalue weighted by Crippen LogP contribution is -2.22. The van der Waals surface area contributed by atoms with E-state index in [1.807, 2.05) is 24.3 Å². The van der Waals surface area contributed by atoms with E-state index in [4.69, 9.17) is 10.5 Å². The van der Waals surface area contributed by atoms with Crippen molar-refractivity contribution in [1.29, 1.82) is 0 Å². The van der Waals surface area contributed by atoms with Crippen molar-refractivity contribution in [2.75, 3.05) is 11.9 Å². The predicted molar refractivity (Wildman–Crippen MR) is 79.9 cm³/mol. The van der Waals surface area contributed by atoms with E-state index in [1.165, 1.54) is 11.5 Å². The molecule has 1 aromatic carbocycles. The number of carbonyl (C=O) groups is 2. The van der Waals surface area contributed by atoms with Crippen LogP contribution in [-0.4, -0.2) is 28.4 Å². The Morgan fingerprint density at radius 1 is 1.45 bits per heavy atom. The minimum absolute atomic E-state index is 0.516. The Kier molecular flexibility index (Phi) is 6.22. The molecular formula is C14H20N4O2. The summed E-state index contributed by atoms with van der Waals surface area (Å²) in [6.45, 7) is 4.34. The van der Waals surface area contributed by atoms with Gasteiger partial charge in [-0.3, -0.25) is 0 Å². The molecule has 6 heteroatoms. The molecule has 1 aromatic heterocycles. The third kappa shape index (κ3) is 3.81. The van der Waals surface area contributed by atoms with E-state index < -0.39 is 6.03 Å². The number of para-hydroxylation sites is 2. The molecule has 0 saturated heterocycles. The molecule has 0 aliphatic rings. The van der Waals surface area contributed by atoms with Crippen LogP contribution in [0, 0.1) is 0 Å². The number of carbonyl (C=O) groups excluding carboxylic acids is 2. The average Bonchev–Trinajstić information content (AvgIpc) is 2.78. The zero-order chi connectivity index (χ0) is 15.0. The molecule has 2 aromatic rings. The Bertz CT molecular complexity index is 578. The topological polar surface area (TPSA) is 90.0 Å². The molecule has 0 atom stereocenters. The molecule has 0 unspecified atom stereocenters. The number of nitrogens with zero attached hydrogens (tertiary/aromatic N) is 2. The van der Waals surface area contributed by atoms with E-state index in [0.717, 1.165) is 36.7 Å². The van der Waals surface area contributed by atoms with Crippen molar-refractivity contribution in [3.8, 4) is 0 Å². The van der Waals surface area contributed by atoms with E-state index in [2.05, 4.69) is 17.2 Å². The van der Waals surface area contributed by atoms with Crippen molar-refractivity contribution in [3.63, 3.8) is 0 Å². The Morgan fingerprint density at radius 2 is 2.10 bits per heavy atom. The number of nitrogens with one attached hydrogen (secondary N) is 1. The van der Waals surface area contributed by atoms with Gasteiger partial charge < -0.3 is 15.8 Å². The number of amides is 1. The highest BCUT2D eigenvalue weighted by molar-refractivity contribution is 5.92. The number of nitrogens with two attached hydrogens (primary N) is 1. The summed E-state index contributed by atoms with van der Waals surface area (Å²) < 4.78 is 1.41. The first kappa shape index (κ1) is 15.7. The van der Waals surface area contributed by atoms with Gasteiger partial charge in [-0.25, -0.2) is 14.3 Å². The number of benzene rings is 1. The van der Waals surface area contributed by atoms with Crippen molar-refractivity contribution >= 4 is 29.3 Å². The predicted octanol–water partition coefficient (Wildman–Crippen LogP) is 2.38. The number of fused-ring (bicyclic) bond motifs is 1. The Morgan fingerprint density at radius 3 is 2.70 bits per heavy atom. The summed E-state index contributed by atoms with van der Waals surface area (Å²) in [6, 6.07) is 6.92. The smallest absolute Gasteiger partial charge is 0.326 e. The van der Waals surface area contributed by atoms with Crippen LogP contribution in [0.3, 0.4) is 0 Å². The van der Waals surface area contributed by atoms with E-state index in [1.54, 1.807) is 0 Å². The van der Waals surface area contributed by atoms with Gasteiger partial charge >= 0.3 is 6.03 Å². The second kappa shape index (κ2) is 7.93. The van der Waals surface area contributed by atoms with Crippen molar-refractivity contribution in [1.82, 2.24) is 9.55 Å². The molecule has 20 heavy (non-hydrogen) atoms. The van der Waals surface area contributed by atoms with Gasteiger partial charge in [-0.1, -0.05) is 25.5 Å². The highest BCUT2D eigenvalue weighted by atomic mass is 16.2. The maximum atomic E-state index is 11.4. The van der Waals surface area contributed by atoms with Crippen molar-refractivity contribution in [3.05, 3.63) is 24.3 Å². The maximum absolute atomic E-state index is 11.4. The molecule has 0 aliphatic carbocycles. The molecule has 108 valence electrons. The number of aldehydes is 1. The van der Waals surface area contributed by atoms with Gasteiger partial charge in [-0.2, -0.15) is 0 Å². The first-order valence-corrected chi connectivity index (χ1v) is 6.56. The third-order valence-corrected chi connectivity index (χ3v) is 2.59. The fourth-order valence-corrected chi connectivity index (χ4v) is 1.74. The fraction of sp³-hybridized carbons (Fsp3) is 0.357. The molecule has 6 nitrogen and oxygen atoms in total. The summed E-state index contributed by atoms with van der Waals surface area (Å²) in [5.74, 6) is 0.521. The summed E-state index contributed by atoms with van der Waals surface area (Å²) in [6.07, 6.45) is 2.87. The maximum Gasteiger partial charge on any atom is 0.326 e. The zero-order valence-corrected chi connectivity index (χ0v) is 11.8. The number of hydrogen-bond donors (Lipinski definition) is 2. The van der Waals surface area contributed by atoms with Crippen LogP contribution < -0.4 is 11.1 Å². The lowest BCUT2D eigenvalue weighted by atomic mass is 10.3. The van der Waals surface area contributed by atoms with E-state index >= 15 is 0 Å². The molecule has 0 radical (unpaired) electrons. The molecule has 1 amide bonds. The lowest BCUT2D eigenvalue weighted by molar-refractivity contribution is -0.106. The standard InChI is InChI=1S/C12H16N4O.C2H4O/c1-2-3-8-14-12-15-9-6-4-5-7-10(9)16(12)11(13)17;1-2-3/h4-7H,2-3,8H2,1H3,(H2,13,17)(H,14,15);2H,1H3. The summed E-state index contributed by atoms with van der Waals surface area (Å²) in [5.41, 5.74) is 6.88. The molecular weight excluding hydrogens is 256 g/mol. The van der Waals surface area contributed by atoms with Gasteiger partial charge in [0.05, 0.1) is 11.0 Å². The number of anilines is 1.